The van der Waals surface area contributed by atoms with Gasteiger partial charge in [0.25, 0.3) is 5.56 Å². The van der Waals surface area contributed by atoms with Crippen molar-refractivity contribution in [3.05, 3.63) is 56.8 Å². The fourth-order valence-electron chi connectivity index (χ4n) is 3.22. The van der Waals surface area contributed by atoms with E-state index in [0.717, 1.165) is 35.8 Å². The summed E-state index contributed by atoms with van der Waals surface area (Å²) in [6, 6.07) is 7.98. The Morgan fingerprint density at radius 1 is 1.23 bits per heavy atom. The number of unbranched alkanes of at least 4 members (excludes halogenated alkanes) is 2. The average molecular weight is 415 g/mol. The van der Waals surface area contributed by atoms with Crippen molar-refractivity contribution < 1.29 is 0 Å². The number of hydrogen-bond donors (Lipinski definition) is 1. The number of fused-ring (bicyclic) bond motifs is 2. The average Bonchev–Trinajstić information content (AvgIpc) is 3.26. The zero-order chi connectivity index (χ0) is 18.1. The molecule has 3 heterocycles. The topological polar surface area (TPSA) is 80.9 Å². The van der Waals surface area contributed by atoms with Gasteiger partial charge in [-0.25, -0.2) is 9.38 Å². The molecule has 4 aromatic rings. The number of aromatic nitrogens is 6. The molecule has 0 aliphatic carbocycles. The molecule has 0 fully saturated rings. The standard InChI is InChI=1S/C18H19BrN6O/c1-2-3-4-8-24-16-15(20-11-21-16)17(26)25-14(22-23-18(24)25)10-12-6-5-7-13(19)9-12/h5-7,9,11H,2-4,8,10H2,1H3,(H,20,21). The Morgan fingerprint density at radius 2 is 2.12 bits per heavy atom. The lowest BCUT2D eigenvalue weighted by molar-refractivity contribution is 0.612. The number of aryl methyl sites for hydroxylation is 1. The molecule has 1 N–H and O–H groups in total. The van der Waals surface area contributed by atoms with Crippen LogP contribution < -0.4 is 5.56 Å². The summed E-state index contributed by atoms with van der Waals surface area (Å²) >= 11 is 3.48. The molecule has 0 spiro atoms. The highest BCUT2D eigenvalue weighted by molar-refractivity contribution is 9.10. The first-order valence-corrected chi connectivity index (χ1v) is 9.52. The normalized spacial score (nSPS) is 11.6. The minimum atomic E-state index is -0.158. The van der Waals surface area contributed by atoms with Crippen molar-refractivity contribution in [1.82, 2.24) is 29.1 Å². The summed E-state index contributed by atoms with van der Waals surface area (Å²) in [4.78, 5) is 20.3. The van der Waals surface area contributed by atoms with E-state index in [-0.39, 0.29) is 5.56 Å². The molecular weight excluding hydrogens is 396 g/mol. The molecule has 1 aromatic carbocycles. The quantitative estimate of drug-likeness (QED) is 0.490. The van der Waals surface area contributed by atoms with E-state index < -0.39 is 0 Å². The van der Waals surface area contributed by atoms with E-state index in [1.165, 1.54) is 0 Å². The Kier molecular flexibility index (Phi) is 4.58. The van der Waals surface area contributed by atoms with Crippen LogP contribution in [-0.4, -0.2) is 29.1 Å². The number of benzene rings is 1. The summed E-state index contributed by atoms with van der Waals surface area (Å²) in [6.07, 6.45) is 5.34. The van der Waals surface area contributed by atoms with Gasteiger partial charge in [-0.15, -0.1) is 10.2 Å². The van der Waals surface area contributed by atoms with E-state index in [4.69, 9.17) is 0 Å². The van der Waals surface area contributed by atoms with Crippen LogP contribution in [0.25, 0.3) is 16.9 Å². The lowest BCUT2D eigenvalue weighted by Crippen LogP contribution is -2.21. The van der Waals surface area contributed by atoms with E-state index in [1.807, 2.05) is 28.8 Å². The number of nitrogens with one attached hydrogen (secondary N) is 1. The Hall–Kier alpha value is -2.48. The lowest BCUT2D eigenvalue weighted by atomic mass is 10.1. The molecule has 0 saturated carbocycles. The van der Waals surface area contributed by atoms with Gasteiger partial charge in [-0.05, 0) is 24.1 Å². The fraction of sp³-hybridized carbons (Fsp3) is 0.333. The van der Waals surface area contributed by atoms with Gasteiger partial charge in [0.15, 0.2) is 5.65 Å². The second-order valence-electron chi connectivity index (χ2n) is 6.32. The second kappa shape index (κ2) is 7.03. The molecule has 0 saturated heterocycles. The molecule has 0 unspecified atom stereocenters. The molecule has 0 amide bonds. The molecule has 0 bridgehead atoms. The molecule has 0 radical (unpaired) electrons. The SMILES string of the molecule is CCCCCn1c2nc[nH]c2c(=O)n2c(Cc3cccc(Br)c3)nnc12. The zero-order valence-electron chi connectivity index (χ0n) is 14.4. The first-order valence-electron chi connectivity index (χ1n) is 8.73. The predicted molar refractivity (Wildman–Crippen MR) is 103 cm³/mol. The van der Waals surface area contributed by atoms with Gasteiger partial charge in [0.1, 0.15) is 11.3 Å². The third kappa shape index (κ3) is 2.94. The summed E-state index contributed by atoms with van der Waals surface area (Å²) < 4.78 is 4.59. The van der Waals surface area contributed by atoms with Crippen LogP contribution in [0.1, 0.15) is 37.6 Å². The first-order chi connectivity index (χ1) is 12.7. The molecule has 0 aliphatic rings. The van der Waals surface area contributed by atoms with Gasteiger partial charge in [-0.3, -0.25) is 9.36 Å². The number of H-pyrrole nitrogens is 1. The van der Waals surface area contributed by atoms with Crippen molar-refractivity contribution in [2.75, 3.05) is 0 Å². The van der Waals surface area contributed by atoms with Crippen LogP contribution in [0.3, 0.4) is 0 Å². The summed E-state index contributed by atoms with van der Waals surface area (Å²) in [5, 5.41) is 8.62. The highest BCUT2D eigenvalue weighted by Crippen LogP contribution is 2.17. The number of rotatable bonds is 6. The summed E-state index contributed by atoms with van der Waals surface area (Å²) in [5.41, 5.74) is 2.04. The monoisotopic (exact) mass is 414 g/mol. The number of halogens is 1. The summed E-state index contributed by atoms with van der Waals surface area (Å²) in [6.45, 7) is 2.92. The van der Waals surface area contributed by atoms with Crippen LogP contribution in [0.4, 0.5) is 0 Å². The largest absolute Gasteiger partial charge is 0.339 e. The van der Waals surface area contributed by atoms with E-state index in [2.05, 4.69) is 43.0 Å². The molecule has 26 heavy (non-hydrogen) atoms. The van der Waals surface area contributed by atoms with Crippen molar-refractivity contribution in [1.29, 1.82) is 0 Å². The molecule has 8 heteroatoms. The molecule has 7 nitrogen and oxygen atoms in total. The second-order valence-corrected chi connectivity index (χ2v) is 7.24. The van der Waals surface area contributed by atoms with Crippen LogP contribution in [-0.2, 0) is 13.0 Å². The minimum absolute atomic E-state index is 0.158. The number of nitrogens with zero attached hydrogens (tertiary/aromatic N) is 5. The maximum Gasteiger partial charge on any atom is 0.286 e. The Morgan fingerprint density at radius 3 is 2.92 bits per heavy atom. The van der Waals surface area contributed by atoms with Gasteiger partial charge in [0.05, 0.1) is 6.33 Å². The third-order valence-electron chi connectivity index (χ3n) is 4.48. The Labute approximate surface area is 158 Å². The minimum Gasteiger partial charge on any atom is -0.339 e. The summed E-state index contributed by atoms with van der Waals surface area (Å²) in [5.74, 6) is 1.18. The maximum atomic E-state index is 13.0. The molecule has 134 valence electrons. The van der Waals surface area contributed by atoms with E-state index in [0.29, 0.717) is 29.2 Å². The molecule has 0 atom stereocenters. The maximum absolute atomic E-state index is 13.0. The van der Waals surface area contributed by atoms with Crippen molar-refractivity contribution in [3.63, 3.8) is 0 Å². The van der Waals surface area contributed by atoms with Gasteiger partial charge >= 0.3 is 0 Å². The van der Waals surface area contributed by atoms with Crippen molar-refractivity contribution in [3.8, 4) is 0 Å². The van der Waals surface area contributed by atoms with E-state index in [1.54, 1.807) is 10.7 Å². The Bertz CT molecular complexity index is 1130. The van der Waals surface area contributed by atoms with E-state index in [9.17, 15) is 4.79 Å². The van der Waals surface area contributed by atoms with Crippen molar-refractivity contribution in [2.24, 2.45) is 0 Å². The van der Waals surface area contributed by atoms with Crippen LogP contribution in [0, 0.1) is 0 Å². The van der Waals surface area contributed by atoms with Crippen LogP contribution in [0.5, 0.6) is 0 Å². The van der Waals surface area contributed by atoms with Crippen molar-refractivity contribution >= 4 is 32.9 Å². The first kappa shape index (κ1) is 17.0. The van der Waals surface area contributed by atoms with E-state index >= 15 is 0 Å². The fourth-order valence-corrected chi connectivity index (χ4v) is 3.66. The molecule has 4 rings (SSSR count). The predicted octanol–water partition coefficient (Wildman–Crippen LogP) is 3.31. The van der Waals surface area contributed by atoms with Crippen LogP contribution >= 0.6 is 15.9 Å². The molecule has 3 aromatic heterocycles. The molecular formula is C18H19BrN6O. The van der Waals surface area contributed by atoms with Gasteiger partial charge in [-0.2, -0.15) is 0 Å². The third-order valence-corrected chi connectivity index (χ3v) is 4.98. The highest BCUT2D eigenvalue weighted by atomic mass is 79.9. The van der Waals surface area contributed by atoms with Crippen molar-refractivity contribution in [2.45, 2.75) is 39.2 Å². The Balaban J connectivity index is 1.86. The van der Waals surface area contributed by atoms with Gasteiger partial charge in [-0.1, -0.05) is 47.8 Å². The smallest absolute Gasteiger partial charge is 0.286 e. The van der Waals surface area contributed by atoms with Gasteiger partial charge in [0, 0.05) is 17.4 Å². The summed E-state index contributed by atoms with van der Waals surface area (Å²) in [7, 11) is 0. The number of hydrogen-bond acceptors (Lipinski definition) is 4. The van der Waals surface area contributed by atoms with Gasteiger partial charge in [0.2, 0.25) is 5.78 Å². The molecule has 0 aliphatic heterocycles. The van der Waals surface area contributed by atoms with Crippen LogP contribution in [0.2, 0.25) is 0 Å². The number of imidazole rings is 1. The highest BCUT2D eigenvalue weighted by Gasteiger charge is 2.18. The van der Waals surface area contributed by atoms with Gasteiger partial charge < -0.3 is 4.98 Å². The van der Waals surface area contributed by atoms with Crippen LogP contribution in [0.15, 0.2) is 39.9 Å². The lowest BCUT2D eigenvalue weighted by Gasteiger charge is -2.09. The zero-order valence-corrected chi connectivity index (χ0v) is 16.0. The number of aromatic amines is 1.